The highest BCUT2D eigenvalue weighted by atomic mass is 35.5. The minimum absolute atomic E-state index is 0.127. The van der Waals surface area contributed by atoms with E-state index in [1.807, 2.05) is 28.7 Å². The second-order valence-electron chi connectivity index (χ2n) is 7.53. The number of hydrogen-bond acceptors (Lipinski definition) is 6. The van der Waals surface area contributed by atoms with Crippen molar-refractivity contribution in [3.63, 3.8) is 0 Å². The van der Waals surface area contributed by atoms with E-state index in [1.165, 1.54) is 4.88 Å². The summed E-state index contributed by atoms with van der Waals surface area (Å²) in [6.07, 6.45) is 2.88. The second kappa shape index (κ2) is 7.58. The molecule has 6 rings (SSSR count). The van der Waals surface area contributed by atoms with Crippen molar-refractivity contribution in [2.75, 3.05) is 0 Å². The third-order valence-electron chi connectivity index (χ3n) is 5.60. The smallest absolute Gasteiger partial charge is 0.268 e. The molecule has 0 saturated heterocycles. The zero-order valence-corrected chi connectivity index (χ0v) is 19.0. The molecule has 0 amide bonds. The summed E-state index contributed by atoms with van der Waals surface area (Å²) in [5.74, 6) is 0.369. The van der Waals surface area contributed by atoms with Crippen molar-refractivity contribution in [1.29, 1.82) is 0 Å². The number of aryl methyl sites for hydroxylation is 2. The van der Waals surface area contributed by atoms with E-state index in [0.717, 1.165) is 41.4 Å². The van der Waals surface area contributed by atoms with Gasteiger partial charge in [-0.3, -0.25) is 9.59 Å². The Morgan fingerprint density at radius 2 is 1.91 bits per heavy atom. The summed E-state index contributed by atoms with van der Waals surface area (Å²) in [5.41, 5.74) is 2.17. The highest BCUT2D eigenvalue weighted by Crippen LogP contribution is 2.37. The molecule has 32 heavy (non-hydrogen) atoms. The van der Waals surface area contributed by atoms with Gasteiger partial charge in [0.15, 0.2) is 0 Å². The van der Waals surface area contributed by atoms with Gasteiger partial charge in [-0.1, -0.05) is 48.0 Å². The Labute approximate surface area is 195 Å². The van der Waals surface area contributed by atoms with Gasteiger partial charge in [-0.15, -0.1) is 21.5 Å². The Morgan fingerprint density at radius 1 is 1.06 bits per heavy atom. The van der Waals surface area contributed by atoms with Crippen LogP contribution in [0.5, 0.6) is 0 Å². The van der Waals surface area contributed by atoms with Crippen molar-refractivity contribution in [3.05, 3.63) is 86.0 Å². The van der Waals surface area contributed by atoms with E-state index in [2.05, 4.69) is 10.2 Å². The molecule has 0 saturated carbocycles. The maximum Gasteiger partial charge on any atom is 0.268 e. The molecule has 5 aromatic rings. The van der Waals surface area contributed by atoms with Crippen LogP contribution in [0.4, 0.5) is 0 Å². The van der Waals surface area contributed by atoms with Crippen molar-refractivity contribution in [3.8, 4) is 5.69 Å². The van der Waals surface area contributed by atoms with Crippen LogP contribution in [0.25, 0.3) is 21.7 Å². The second-order valence-corrected chi connectivity index (χ2v) is 9.99. The van der Waals surface area contributed by atoms with Crippen LogP contribution < -0.4 is 5.56 Å². The number of nitrogens with zero attached hydrogens (tertiary/aromatic N) is 4. The van der Waals surface area contributed by atoms with Crippen LogP contribution >= 0.6 is 34.7 Å². The number of benzene rings is 2. The minimum Gasteiger partial charge on any atom is -0.281 e. The van der Waals surface area contributed by atoms with E-state index in [4.69, 9.17) is 11.6 Å². The monoisotopic (exact) mass is 478 g/mol. The SMILES string of the molecule is O=C(Sc1nnc2n(-c3cccc(Cl)c3)c(=O)c3c4c(sc3n12)CCC4)c1ccccc1. The Hall–Kier alpha value is -2.94. The number of carbonyl (C=O) groups excluding carboxylic acids is 1. The van der Waals surface area contributed by atoms with Gasteiger partial charge >= 0.3 is 0 Å². The lowest BCUT2D eigenvalue weighted by Crippen LogP contribution is -2.22. The molecule has 3 aromatic heterocycles. The molecule has 9 heteroatoms. The molecule has 6 nitrogen and oxygen atoms in total. The number of rotatable bonds is 3. The van der Waals surface area contributed by atoms with E-state index < -0.39 is 0 Å². The summed E-state index contributed by atoms with van der Waals surface area (Å²) in [6, 6.07) is 16.2. The number of hydrogen-bond donors (Lipinski definition) is 0. The third-order valence-corrected chi connectivity index (χ3v) is 7.98. The van der Waals surface area contributed by atoms with E-state index in [9.17, 15) is 9.59 Å². The highest BCUT2D eigenvalue weighted by molar-refractivity contribution is 8.14. The van der Waals surface area contributed by atoms with Crippen molar-refractivity contribution >= 4 is 55.8 Å². The van der Waals surface area contributed by atoms with Gasteiger partial charge in [0.25, 0.3) is 5.56 Å². The summed E-state index contributed by atoms with van der Waals surface area (Å²) < 4.78 is 3.38. The Balaban J connectivity index is 1.64. The largest absolute Gasteiger partial charge is 0.281 e. The van der Waals surface area contributed by atoms with E-state index in [-0.39, 0.29) is 10.7 Å². The highest BCUT2D eigenvalue weighted by Gasteiger charge is 2.27. The van der Waals surface area contributed by atoms with Gasteiger partial charge in [-0.05, 0) is 54.8 Å². The van der Waals surface area contributed by atoms with Crippen LogP contribution in [0.3, 0.4) is 0 Å². The first kappa shape index (κ1) is 19.7. The van der Waals surface area contributed by atoms with Crippen LogP contribution in [-0.4, -0.2) is 24.3 Å². The molecule has 0 radical (unpaired) electrons. The molecule has 0 bridgehead atoms. The van der Waals surface area contributed by atoms with Crippen LogP contribution in [0.1, 0.15) is 27.2 Å². The summed E-state index contributed by atoms with van der Waals surface area (Å²) in [6.45, 7) is 0. The fourth-order valence-electron chi connectivity index (χ4n) is 4.19. The van der Waals surface area contributed by atoms with E-state index in [1.54, 1.807) is 46.2 Å². The number of fused-ring (bicyclic) bond motifs is 5. The molecule has 1 aliphatic carbocycles. The molecule has 0 atom stereocenters. The molecule has 158 valence electrons. The summed E-state index contributed by atoms with van der Waals surface area (Å²) >= 11 is 8.84. The molecular formula is C23H15ClN4O2S2. The number of thiophene rings is 1. The summed E-state index contributed by atoms with van der Waals surface area (Å²) in [4.78, 5) is 28.6. The zero-order chi connectivity index (χ0) is 21.8. The first-order valence-corrected chi connectivity index (χ1v) is 12.1. The molecular weight excluding hydrogens is 464 g/mol. The first-order chi connectivity index (χ1) is 15.6. The molecule has 0 spiro atoms. The van der Waals surface area contributed by atoms with Gasteiger partial charge in [0.2, 0.25) is 16.0 Å². The van der Waals surface area contributed by atoms with Crippen molar-refractivity contribution in [2.24, 2.45) is 0 Å². The van der Waals surface area contributed by atoms with Crippen LogP contribution in [0, 0.1) is 0 Å². The van der Waals surface area contributed by atoms with Crippen molar-refractivity contribution < 1.29 is 4.79 Å². The first-order valence-electron chi connectivity index (χ1n) is 10.1. The Morgan fingerprint density at radius 3 is 2.72 bits per heavy atom. The van der Waals surface area contributed by atoms with Gasteiger partial charge in [-0.25, -0.2) is 8.97 Å². The van der Waals surface area contributed by atoms with Crippen LogP contribution in [0.15, 0.2) is 64.5 Å². The zero-order valence-electron chi connectivity index (χ0n) is 16.6. The lowest BCUT2D eigenvalue weighted by Gasteiger charge is -2.10. The quantitative estimate of drug-likeness (QED) is 0.334. The lowest BCUT2D eigenvalue weighted by molar-refractivity contribution is 0.108. The average Bonchev–Trinajstić information content (AvgIpc) is 3.49. The van der Waals surface area contributed by atoms with Gasteiger partial charge in [0.05, 0.1) is 11.1 Å². The minimum atomic E-state index is -0.132. The number of aromatic nitrogens is 4. The Bertz CT molecular complexity index is 1590. The van der Waals surface area contributed by atoms with E-state index in [0.29, 0.717) is 32.6 Å². The number of halogens is 1. The molecule has 0 N–H and O–H groups in total. The number of thioether (sulfide) groups is 1. The Kier molecular flexibility index (Phi) is 4.67. The maximum absolute atomic E-state index is 13.7. The average molecular weight is 479 g/mol. The van der Waals surface area contributed by atoms with Crippen LogP contribution in [-0.2, 0) is 12.8 Å². The van der Waals surface area contributed by atoms with Crippen molar-refractivity contribution in [1.82, 2.24) is 19.2 Å². The lowest BCUT2D eigenvalue weighted by atomic mass is 10.2. The van der Waals surface area contributed by atoms with Crippen molar-refractivity contribution in [2.45, 2.75) is 24.4 Å². The third kappa shape index (κ3) is 3.02. The maximum atomic E-state index is 13.7. The van der Waals surface area contributed by atoms with Gasteiger partial charge in [0.1, 0.15) is 4.83 Å². The van der Waals surface area contributed by atoms with Crippen LogP contribution in [0.2, 0.25) is 5.02 Å². The number of carbonyl (C=O) groups is 1. The molecule has 0 unspecified atom stereocenters. The normalized spacial score (nSPS) is 13.2. The predicted octanol–water partition coefficient (Wildman–Crippen LogP) is 5.17. The predicted molar refractivity (Wildman–Crippen MR) is 128 cm³/mol. The standard InChI is InChI=1S/C23H15ClN4O2S2/c24-14-8-4-9-15(12-14)27-19(29)18-16-10-5-11-17(16)31-20(18)28-22(27)25-26-23(28)32-21(30)13-6-2-1-3-7-13/h1-4,6-9,12H,5,10-11H2. The van der Waals surface area contributed by atoms with E-state index >= 15 is 0 Å². The topological polar surface area (TPSA) is 69.3 Å². The molecule has 2 aromatic carbocycles. The van der Waals surface area contributed by atoms with Gasteiger partial charge < -0.3 is 0 Å². The van der Waals surface area contributed by atoms with Gasteiger partial charge in [-0.2, -0.15) is 0 Å². The fraction of sp³-hybridized carbons (Fsp3) is 0.130. The molecule has 0 aliphatic heterocycles. The summed E-state index contributed by atoms with van der Waals surface area (Å²) in [5, 5.41) is 10.2. The molecule has 3 heterocycles. The summed E-state index contributed by atoms with van der Waals surface area (Å²) in [7, 11) is 0. The molecule has 0 fully saturated rings. The molecule has 1 aliphatic rings. The van der Waals surface area contributed by atoms with Gasteiger partial charge in [0, 0.05) is 15.5 Å². The fourth-order valence-corrected chi connectivity index (χ4v) is 6.57.